The van der Waals surface area contributed by atoms with Gasteiger partial charge < -0.3 is 10.5 Å². The van der Waals surface area contributed by atoms with E-state index in [-0.39, 0.29) is 6.04 Å². The van der Waals surface area contributed by atoms with Crippen LogP contribution in [0.4, 0.5) is 0 Å². The van der Waals surface area contributed by atoms with E-state index in [2.05, 4.69) is 16.6 Å². The smallest absolute Gasteiger partial charge is 0.356 e. The molecule has 0 aromatic carbocycles. The second-order valence-corrected chi connectivity index (χ2v) is 3.33. The Bertz CT molecular complexity index is 339. The Balaban J connectivity index is 2.87. The van der Waals surface area contributed by atoms with Crippen LogP contribution in [0.3, 0.4) is 0 Å². The lowest BCUT2D eigenvalue weighted by molar-refractivity contribution is 0.0593. The zero-order chi connectivity index (χ0) is 11.3. The lowest BCUT2D eigenvalue weighted by atomic mass is 10.1. The minimum Gasteiger partial charge on any atom is -0.464 e. The number of carbonyl (C=O) groups excluding carboxylic acids is 1. The maximum atomic E-state index is 11.2. The van der Waals surface area contributed by atoms with Crippen molar-refractivity contribution in [3.05, 3.63) is 29.6 Å². The summed E-state index contributed by atoms with van der Waals surface area (Å²) >= 11 is 0. The Kier molecular flexibility index (Phi) is 4.24. The van der Waals surface area contributed by atoms with Gasteiger partial charge in [0.05, 0.1) is 12.8 Å². The minimum absolute atomic E-state index is 0.111. The summed E-state index contributed by atoms with van der Waals surface area (Å²) in [6.45, 7) is 2.06. The molecule has 1 atom stereocenters. The van der Waals surface area contributed by atoms with Crippen LogP contribution in [0.5, 0.6) is 0 Å². The minimum atomic E-state index is -0.430. The first kappa shape index (κ1) is 11.7. The molecule has 0 spiro atoms. The van der Waals surface area contributed by atoms with Crippen LogP contribution in [-0.2, 0) is 4.74 Å². The van der Waals surface area contributed by atoms with Gasteiger partial charge in [-0.05, 0) is 18.6 Å². The molecule has 1 aromatic rings. The van der Waals surface area contributed by atoms with Gasteiger partial charge in [-0.25, -0.2) is 9.78 Å². The average Bonchev–Trinajstić information content (AvgIpc) is 2.28. The van der Waals surface area contributed by atoms with Gasteiger partial charge >= 0.3 is 5.97 Å². The predicted molar refractivity (Wildman–Crippen MR) is 57.4 cm³/mol. The van der Waals surface area contributed by atoms with Gasteiger partial charge in [-0.3, -0.25) is 0 Å². The molecule has 0 saturated carbocycles. The molecule has 1 heterocycles. The Morgan fingerprint density at radius 1 is 1.60 bits per heavy atom. The summed E-state index contributed by atoms with van der Waals surface area (Å²) in [7, 11) is 1.34. The lowest BCUT2D eigenvalue weighted by Gasteiger charge is -2.10. The Morgan fingerprint density at radius 3 is 2.93 bits per heavy atom. The molecule has 1 rings (SSSR count). The SMILES string of the molecule is CCCC(N)c1cccc(C(=O)OC)n1. The quantitative estimate of drug-likeness (QED) is 0.764. The Labute approximate surface area is 89.5 Å². The number of aromatic nitrogens is 1. The zero-order valence-electron chi connectivity index (χ0n) is 9.06. The van der Waals surface area contributed by atoms with E-state index in [1.54, 1.807) is 12.1 Å². The molecule has 0 aliphatic carbocycles. The fourth-order valence-electron chi connectivity index (χ4n) is 1.34. The monoisotopic (exact) mass is 208 g/mol. The maximum Gasteiger partial charge on any atom is 0.356 e. The van der Waals surface area contributed by atoms with Crippen molar-refractivity contribution in [2.75, 3.05) is 7.11 Å². The van der Waals surface area contributed by atoms with Crippen molar-refractivity contribution >= 4 is 5.97 Å². The molecule has 0 aliphatic rings. The molecule has 4 nitrogen and oxygen atoms in total. The van der Waals surface area contributed by atoms with Gasteiger partial charge in [0.25, 0.3) is 0 Å². The Hall–Kier alpha value is -1.42. The van der Waals surface area contributed by atoms with Gasteiger partial charge in [0.1, 0.15) is 5.69 Å². The van der Waals surface area contributed by atoms with Crippen LogP contribution in [0.1, 0.15) is 42.0 Å². The first-order valence-electron chi connectivity index (χ1n) is 5.00. The second kappa shape index (κ2) is 5.46. The number of rotatable bonds is 4. The third-order valence-electron chi connectivity index (χ3n) is 2.14. The number of nitrogens with zero attached hydrogens (tertiary/aromatic N) is 1. The average molecular weight is 208 g/mol. The van der Waals surface area contributed by atoms with E-state index in [0.29, 0.717) is 5.69 Å². The number of hydrogen-bond donors (Lipinski definition) is 1. The van der Waals surface area contributed by atoms with E-state index < -0.39 is 5.97 Å². The van der Waals surface area contributed by atoms with Crippen molar-refractivity contribution in [1.82, 2.24) is 4.98 Å². The predicted octanol–water partition coefficient (Wildman–Crippen LogP) is 1.67. The summed E-state index contributed by atoms with van der Waals surface area (Å²) in [5.41, 5.74) is 6.94. The van der Waals surface area contributed by atoms with Gasteiger partial charge in [-0.2, -0.15) is 0 Å². The van der Waals surface area contributed by atoms with Crippen molar-refractivity contribution in [3.63, 3.8) is 0 Å². The lowest BCUT2D eigenvalue weighted by Crippen LogP contribution is -2.14. The van der Waals surface area contributed by atoms with Crippen molar-refractivity contribution < 1.29 is 9.53 Å². The summed E-state index contributed by atoms with van der Waals surface area (Å²) in [4.78, 5) is 15.4. The molecule has 0 aliphatic heterocycles. The molecule has 4 heteroatoms. The molecule has 2 N–H and O–H groups in total. The van der Waals surface area contributed by atoms with Crippen LogP contribution < -0.4 is 5.73 Å². The third-order valence-corrected chi connectivity index (χ3v) is 2.14. The topological polar surface area (TPSA) is 65.2 Å². The highest BCUT2D eigenvalue weighted by Crippen LogP contribution is 2.13. The summed E-state index contributed by atoms with van der Waals surface area (Å²) in [5, 5.41) is 0. The normalized spacial score (nSPS) is 12.2. The van der Waals surface area contributed by atoms with Crippen molar-refractivity contribution in [1.29, 1.82) is 0 Å². The largest absolute Gasteiger partial charge is 0.464 e. The van der Waals surface area contributed by atoms with Crippen LogP contribution in [-0.4, -0.2) is 18.1 Å². The van der Waals surface area contributed by atoms with E-state index in [0.717, 1.165) is 18.5 Å². The number of esters is 1. The summed E-state index contributed by atoms with van der Waals surface area (Å²) in [6, 6.07) is 5.10. The summed E-state index contributed by atoms with van der Waals surface area (Å²) in [6.07, 6.45) is 1.85. The van der Waals surface area contributed by atoms with Crippen molar-refractivity contribution in [2.24, 2.45) is 5.73 Å². The summed E-state index contributed by atoms with van der Waals surface area (Å²) < 4.78 is 4.59. The standard InChI is InChI=1S/C11H16N2O2/c1-3-5-8(12)9-6-4-7-10(13-9)11(14)15-2/h4,6-8H,3,5,12H2,1-2H3. The van der Waals surface area contributed by atoms with Gasteiger partial charge in [0.2, 0.25) is 0 Å². The molecule has 15 heavy (non-hydrogen) atoms. The van der Waals surface area contributed by atoms with E-state index in [1.165, 1.54) is 7.11 Å². The highest BCUT2D eigenvalue weighted by atomic mass is 16.5. The fraction of sp³-hybridized carbons (Fsp3) is 0.455. The molecule has 0 fully saturated rings. The van der Waals surface area contributed by atoms with E-state index in [4.69, 9.17) is 5.73 Å². The number of nitrogens with two attached hydrogens (primary N) is 1. The second-order valence-electron chi connectivity index (χ2n) is 3.33. The number of pyridine rings is 1. The molecule has 0 amide bonds. The number of methoxy groups -OCH3 is 1. The van der Waals surface area contributed by atoms with Gasteiger partial charge in [0.15, 0.2) is 0 Å². The molecule has 82 valence electrons. The highest BCUT2D eigenvalue weighted by molar-refractivity contribution is 5.87. The molecule has 1 unspecified atom stereocenters. The van der Waals surface area contributed by atoms with Gasteiger partial charge in [0, 0.05) is 6.04 Å². The van der Waals surface area contributed by atoms with Crippen LogP contribution in [0, 0.1) is 0 Å². The van der Waals surface area contributed by atoms with Crippen molar-refractivity contribution in [3.8, 4) is 0 Å². The van der Waals surface area contributed by atoms with E-state index >= 15 is 0 Å². The molecule has 0 radical (unpaired) electrons. The Morgan fingerprint density at radius 2 is 2.33 bits per heavy atom. The zero-order valence-corrected chi connectivity index (χ0v) is 9.06. The number of ether oxygens (including phenoxy) is 1. The van der Waals surface area contributed by atoms with E-state index in [9.17, 15) is 4.79 Å². The van der Waals surface area contributed by atoms with Crippen molar-refractivity contribution in [2.45, 2.75) is 25.8 Å². The first-order valence-corrected chi connectivity index (χ1v) is 5.00. The van der Waals surface area contributed by atoms with E-state index in [1.807, 2.05) is 6.07 Å². The summed E-state index contributed by atoms with van der Waals surface area (Å²) in [5.74, 6) is -0.430. The van der Waals surface area contributed by atoms with Gasteiger partial charge in [-0.15, -0.1) is 0 Å². The van der Waals surface area contributed by atoms with Crippen LogP contribution >= 0.6 is 0 Å². The fourth-order valence-corrected chi connectivity index (χ4v) is 1.34. The maximum absolute atomic E-state index is 11.2. The molecule has 0 saturated heterocycles. The van der Waals surface area contributed by atoms with Crippen LogP contribution in [0.15, 0.2) is 18.2 Å². The third kappa shape index (κ3) is 3.02. The molecular formula is C11H16N2O2. The van der Waals surface area contributed by atoms with Crippen LogP contribution in [0.25, 0.3) is 0 Å². The van der Waals surface area contributed by atoms with Gasteiger partial charge in [-0.1, -0.05) is 19.4 Å². The highest BCUT2D eigenvalue weighted by Gasteiger charge is 2.11. The molecule has 1 aromatic heterocycles. The van der Waals surface area contributed by atoms with Crippen LogP contribution in [0.2, 0.25) is 0 Å². The first-order chi connectivity index (χ1) is 7.19. The molecule has 0 bridgehead atoms. The molecular weight excluding hydrogens is 192 g/mol. The number of hydrogen-bond acceptors (Lipinski definition) is 4. The number of carbonyl (C=O) groups is 1.